The molecule has 0 radical (unpaired) electrons. The van der Waals surface area contributed by atoms with Gasteiger partial charge in [-0.15, -0.1) is 16.9 Å². The van der Waals surface area contributed by atoms with E-state index in [2.05, 4.69) is 26.6 Å². The lowest BCUT2D eigenvalue weighted by Crippen LogP contribution is -2.27. The van der Waals surface area contributed by atoms with Crippen LogP contribution in [0, 0.1) is 5.92 Å². The van der Waals surface area contributed by atoms with Gasteiger partial charge in [0.1, 0.15) is 5.82 Å². The van der Waals surface area contributed by atoms with E-state index in [9.17, 15) is 4.79 Å². The van der Waals surface area contributed by atoms with Gasteiger partial charge in [-0.2, -0.15) is 5.10 Å². The maximum atomic E-state index is 11.6. The van der Waals surface area contributed by atoms with Crippen molar-refractivity contribution in [3.8, 4) is 0 Å². The lowest BCUT2D eigenvalue weighted by Gasteiger charge is -2.22. The summed E-state index contributed by atoms with van der Waals surface area (Å²) in [6.45, 7) is 0.660. The number of primary amides is 1. The number of hydrogen-bond acceptors (Lipinski definition) is 6. The van der Waals surface area contributed by atoms with Crippen LogP contribution in [0.3, 0.4) is 0 Å². The van der Waals surface area contributed by atoms with E-state index in [4.69, 9.17) is 5.73 Å². The van der Waals surface area contributed by atoms with Gasteiger partial charge in [0.2, 0.25) is 5.91 Å². The van der Waals surface area contributed by atoms with Crippen LogP contribution in [0.1, 0.15) is 11.4 Å². The van der Waals surface area contributed by atoms with Crippen LogP contribution in [0.2, 0.25) is 0 Å². The third-order valence-corrected chi connectivity index (χ3v) is 5.58. The summed E-state index contributed by atoms with van der Waals surface area (Å²) in [7, 11) is 0. The van der Waals surface area contributed by atoms with E-state index in [-0.39, 0.29) is 17.1 Å². The van der Waals surface area contributed by atoms with Gasteiger partial charge in [-0.25, -0.2) is 4.98 Å². The van der Waals surface area contributed by atoms with Crippen LogP contribution in [0.15, 0.2) is 65.7 Å². The summed E-state index contributed by atoms with van der Waals surface area (Å²) in [5, 5.41) is 13.5. The van der Waals surface area contributed by atoms with Crippen LogP contribution in [0.4, 0.5) is 5.82 Å². The Morgan fingerprint density at radius 3 is 2.92 bits per heavy atom. The van der Waals surface area contributed by atoms with Gasteiger partial charge < -0.3 is 11.1 Å². The van der Waals surface area contributed by atoms with E-state index in [1.807, 2.05) is 41.8 Å². The number of allylic oxidation sites excluding steroid dienone is 4. The predicted octanol–water partition coefficient (Wildman–Crippen LogP) is 2.54. The molecule has 1 aliphatic heterocycles. The third kappa shape index (κ3) is 3.25. The number of carbonyl (C=O) groups excluding carboxylic acids is 1. The molecular weight excluding hydrogens is 346 g/mol. The van der Waals surface area contributed by atoms with Crippen LogP contribution >= 0.6 is 11.8 Å². The standard InChI is InChI=1S/C19H17N5OS/c20-18(25)14-8-4-7-13-15(11-26-17(13)14)19-23-16(10-22-24-19)21-9-12-5-2-1-3-6-12/h1-8,10-11,13,17H,9H2,(H2,20,25)(H,21,23,24). The van der Waals surface area contributed by atoms with Gasteiger partial charge in [0.15, 0.2) is 5.82 Å². The second-order valence-electron chi connectivity index (χ2n) is 6.03. The molecule has 6 nitrogen and oxygen atoms in total. The lowest BCUT2D eigenvalue weighted by molar-refractivity contribution is -0.114. The molecule has 1 aromatic heterocycles. The number of benzene rings is 1. The van der Waals surface area contributed by atoms with Crippen molar-refractivity contribution in [2.45, 2.75) is 11.8 Å². The molecule has 0 bridgehead atoms. The quantitative estimate of drug-likeness (QED) is 0.848. The van der Waals surface area contributed by atoms with E-state index in [1.165, 1.54) is 0 Å². The van der Waals surface area contributed by atoms with Crippen molar-refractivity contribution in [3.05, 3.63) is 77.1 Å². The van der Waals surface area contributed by atoms with E-state index in [0.717, 1.165) is 11.1 Å². The molecule has 4 rings (SSSR count). The van der Waals surface area contributed by atoms with E-state index < -0.39 is 0 Å². The Labute approximate surface area is 155 Å². The summed E-state index contributed by atoms with van der Waals surface area (Å²) < 4.78 is 0. The number of fused-ring (bicyclic) bond motifs is 1. The van der Waals surface area contributed by atoms with Crippen molar-refractivity contribution in [1.82, 2.24) is 15.2 Å². The molecule has 1 aliphatic carbocycles. The normalized spacial score (nSPS) is 20.9. The SMILES string of the molecule is NC(=O)C1=CC=CC2C(c3nncc(NCc4ccccc4)n3)=CSC12. The lowest BCUT2D eigenvalue weighted by atomic mass is 9.88. The van der Waals surface area contributed by atoms with Crippen molar-refractivity contribution in [3.63, 3.8) is 0 Å². The first kappa shape index (κ1) is 16.5. The van der Waals surface area contributed by atoms with E-state index >= 15 is 0 Å². The Kier molecular flexibility index (Phi) is 4.53. The fraction of sp³-hybridized carbons (Fsp3) is 0.158. The van der Waals surface area contributed by atoms with Gasteiger partial charge in [0, 0.05) is 28.9 Å². The molecule has 0 saturated carbocycles. The highest BCUT2D eigenvalue weighted by molar-refractivity contribution is 8.03. The molecule has 0 saturated heterocycles. The molecule has 2 aliphatic rings. The molecule has 0 spiro atoms. The first-order chi connectivity index (χ1) is 12.7. The number of nitrogens with zero attached hydrogens (tertiary/aromatic N) is 3. The van der Waals surface area contributed by atoms with Gasteiger partial charge in [0.05, 0.1) is 6.20 Å². The first-order valence-electron chi connectivity index (χ1n) is 8.24. The summed E-state index contributed by atoms with van der Waals surface area (Å²) in [6, 6.07) is 10.1. The highest BCUT2D eigenvalue weighted by atomic mass is 32.2. The molecule has 3 N–H and O–H groups in total. The zero-order valence-corrected chi connectivity index (χ0v) is 14.7. The Morgan fingerprint density at radius 1 is 1.27 bits per heavy atom. The summed E-state index contributed by atoms with van der Waals surface area (Å²) in [4.78, 5) is 16.2. The second kappa shape index (κ2) is 7.13. The third-order valence-electron chi connectivity index (χ3n) is 4.35. The van der Waals surface area contributed by atoms with E-state index in [1.54, 1.807) is 24.0 Å². The first-order valence-corrected chi connectivity index (χ1v) is 9.18. The number of anilines is 1. The highest BCUT2D eigenvalue weighted by Gasteiger charge is 2.36. The number of hydrogen-bond donors (Lipinski definition) is 2. The molecule has 2 heterocycles. The van der Waals surface area contributed by atoms with Crippen LogP contribution in [-0.2, 0) is 11.3 Å². The van der Waals surface area contributed by atoms with Crippen molar-refractivity contribution in [2.75, 3.05) is 5.32 Å². The minimum Gasteiger partial charge on any atom is -0.366 e. The Bertz CT molecular complexity index is 923. The molecule has 26 heavy (non-hydrogen) atoms. The average molecular weight is 363 g/mol. The minimum absolute atomic E-state index is 0.0166. The molecule has 1 amide bonds. The number of nitrogens with two attached hydrogens (primary N) is 1. The fourth-order valence-corrected chi connectivity index (χ4v) is 4.35. The number of amides is 1. The van der Waals surface area contributed by atoms with Crippen LogP contribution in [0.5, 0.6) is 0 Å². The Balaban J connectivity index is 1.51. The van der Waals surface area contributed by atoms with Crippen LogP contribution in [-0.4, -0.2) is 26.3 Å². The van der Waals surface area contributed by atoms with Crippen molar-refractivity contribution >= 4 is 29.1 Å². The predicted molar refractivity (Wildman–Crippen MR) is 103 cm³/mol. The number of nitrogens with one attached hydrogen (secondary N) is 1. The fourth-order valence-electron chi connectivity index (χ4n) is 3.04. The summed E-state index contributed by atoms with van der Waals surface area (Å²) >= 11 is 1.57. The smallest absolute Gasteiger partial charge is 0.245 e. The second-order valence-corrected chi connectivity index (χ2v) is 7.05. The van der Waals surface area contributed by atoms with Crippen molar-refractivity contribution in [2.24, 2.45) is 11.7 Å². The molecule has 0 fully saturated rings. The molecule has 1 aromatic carbocycles. The highest BCUT2D eigenvalue weighted by Crippen LogP contribution is 2.45. The maximum absolute atomic E-state index is 11.6. The van der Waals surface area contributed by atoms with Crippen LogP contribution in [0.25, 0.3) is 5.57 Å². The van der Waals surface area contributed by atoms with Gasteiger partial charge in [-0.3, -0.25) is 4.79 Å². The molecule has 2 unspecified atom stereocenters. The molecule has 2 atom stereocenters. The van der Waals surface area contributed by atoms with Gasteiger partial charge in [-0.1, -0.05) is 48.6 Å². The monoisotopic (exact) mass is 363 g/mol. The van der Waals surface area contributed by atoms with Crippen molar-refractivity contribution in [1.29, 1.82) is 0 Å². The minimum atomic E-state index is -0.385. The number of thioether (sulfide) groups is 1. The van der Waals surface area contributed by atoms with E-state index in [0.29, 0.717) is 23.8 Å². The molecular formula is C19H17N5OS. The molecule has 130 valence electrons. The Morgan fingerprint density at radius 2 is 2.12 bits per heavy atom. The number of rotatable bonds is 5. The largest absolute Gasteiger partial charge is 0.366 e. The average Bonchev–Trinajstić information content (AvgIpc) is 3.11. The number of carbonyl (C=O) groups is 1. The maximum Gasteiger partial charge on any atom is 0.245 e. The van der Waals surface area contributed by atoms with Crippen molar-refractivity contribution < 1.29 is 4.79 Å². The Hall–Kier alpha value is -2.93. The molecule has 2 aromatic rings. The van der Waals surface area contributed by atoms with Gasteiger partial charge >= 0.3 is 0 Å². The van der Waals surface area contributed by atoms with Crippen LogP contribution < -0.4 is 11.1 Å². The molecule has 7 heteroatoms. The summed E-state index contributed by atoms with van der Waals surface area (Å²) in [5.41, 5.74) is 8.24. The number of aromatic nitrogens is 3. The van der Waals surface area contributed by atoms with Gasteiger partial charge in [-0.05, 0) is 11.0 Å². The zero-order chi connectivity index (χ0) is 17.9. The summed E-state index contributed by atoms with van der Waals surface area (Å²) in [5.74, 6) is 0.875. The summed E-state index contributed by atoms with van der Waals surface area (Å²) in [6.07, 6.45) is 7.31. The zero-order valence-electron chi connectivity index (χ0n) is 13.9. The topological polar surface area (TPSA) is 93.8 Å². The van der Waals surface area contributed by atoms with Gasteiger partial charge in [0.25, 0.3) is 0 Å².